The summed E-state index contributed by atoms with van der Waals surface area (Å²) >= 11 is 0. The smallest absolute Gasteiger partial charge is 0.335 e. The van der Waals surface area contributed by atoms with Crippen LogP contribution < -0.4 is 10.4 Å². The van der Waals surface area contributed by atoms with Crippen molar-refractivity contribution in [2.75, 3.05) is 0 Å². The zero-order valence-corrected chi connectivity index (χ0v) is 13.6. The van der Waals surface area contributed by atoms with Crippen LogP contribution in [0, 0.1) is 24.0 Å². The third-order valence-electron chi connectivity index (χ3n) is 3.80. The van der Waals surface area contributed by atoms with Crippen LogP contribution in [0.5, 0.6) is 0 Å². The van der Waals surface area contributed by atoms with Crippen LogP contribution in [-0.4, -0.2) is 22.5 Å². The number of halogens is 4. The molecule has 1 N–H and O–H groups in total. The van der Waals surface area contributed by atoms with Crippen molar-refractivity contribution in [3.05, 3.63) is 63.8 Å². The van der Waals surface area contributed by atoms with Crippen LogP contribution in [-0.2, 0) is 0 Å². The Balaban J connectivity index is 3.07. The van der Waals surface area contributed by atoms with Crippen LogP contribution in [0.15, 0.2) is 30.6 Å². The Kier molecular flexibility index (Phi) is 5.78. The summed E-state index contributed by atoms with van der Waals surface area (Å²) in [5.41, 5.74) is -1.17. The summed E-state index contributed by atoms with van der Waals surface area (Å²) in [6.07, 6.45) is 3.38. The van der Waals surface area contributed by atoms with E-state index in [2.05, 4.69) is 10.9 Å². The van der Waals surface area contributed by atoms with E-state index >= 15 is 0 Å². The number of alkyl halides is 2. The lowest BCUT2D eigenvalue weighted by molar-refractivity contribution is 0.0696. The van der Waals surface area contributed by atoms with Gasteiger partial charge in [-0.25, -0.2) is 22.4 Å². The molecular formula is C19H13F4NO2. The Morgan fingerprint density at radius 1 is 1.23 bits per heavy atom. The molecule has 0 aliphatic carbocycles. The van der Waals surface area contributed by atoms with Gasteiger partial charge >= 0.3 is 5.97 Å². The van der Waals surface area contributed by atoms with Crippen LogP contribution >= 0.6 is 0 Å². The predicted molar refractivity (Wildman–Crippen MR) is 87.9 cm³/mol. The van der Waals surface area contributed by atoms with Crippen molar-refractivity contribution in [3.8, 4) is 12.3 Å². The lowest BCUT2D eigenvalue weighted by atomic mass is 9.98. The Morgan fingerprint density at radius 3 is 2.35 bits per heavy atom. The van der Waals surface area contributed by atoms with E-state index in [4.69, 9.17) is 11.5 Å². The summed E-state index contributed by atoms with van der Waals surface area (Å²) in [5.74, 6) is -1.19. The van der Waals surface area contributed by atoms with E-state index < -0.39 is 41.6 Å². The van der Waals surface area contributed by atoms with Gasteiger partial charge in [0, 0.05) is 12.0 Å². The lowest BCUT2D eigenvalue weighted by Gasteiger charge is -2.09. The number of carbonyl (C=O) groups is 1. The third-order valence-corrected chi connectivity index (χ3v) is 3.80. The standard InChI is InChI=1S/C19H13F4NO2/c1-3-4-13(18(22)23)12-6-5-11(19(25)26)7-14(12)10(2)17-15(20)8-24-9-16(17)21/h1,5-9,18H,4H2,2H3,(H,25,26)/b13-12+,14-10+. The molecule has 0 aliphatic rings. The fraction of sp³-hybridized carbons (Fsp3) is 0.158. The molecule has 2 aromatic rings. The van der Waals surface area contributed by atoms with Gasteiger partial charge in [0.2, 0.25) is 0 Å². The highest BCUT2D eigenvalue weighted by Crippen LogP contribution is 2.18. The maximum atomic E-state index is 14.1. The van der Waals surface area contributed by atoms with E-state index in [9.17, 15) is 22.4 Å². The van der Waals surface area contributed by atoms with Gasteiger partial charge in [-0.1, -0.05) is 6.07 Å². The van der Waals surface area contributed by atoms with Crippen LogP contribution in [0.2, 0.25) is 0 Å². The molecule has 2 rings (SSSR count). The van der Waals surface area contributed by atoms with Gasteiger partial charge in [0.25, 0.3) is 6.43 Å². The molecular weight excluding hydrogens is 350 g/mol. The monoisotopic (exact) mass is 363 g/mol. The quantitative estimate of drug-likeness (QED) is 0.671. The van der Waals surface area contributed by atoms with Crippen molar-refractivity contribution in [2.24, 2.45) is 0 Å². The summed E-state index contributed by atoms with van der Waals surface area (Å²) < 4.78 is 55.0. The van der Waals surface area contributed by atoms with E-state index in [1.54, 1.807) is 0 Å². The number of rotatable bonds is 4. The lowest BCUT2D eigenvalue weighted by Crippen LogP contribution is -2.32. The van der Waals surface area contributed by atoms with Gasteiger partial charge in [0.05, 0.1) is 23.5 Å². The van der Waals surface area contributed by atoms with Gasteiger partial charge in [0.1, 0.15) is 0 Å². The molecule has 0 spiro atoms. The summed E-state index contributed by atoms with van der Waals surface area (Å²) in [6, 6.07) is 3.38. The summed E-state index contributed by atoms with van der Waals surface area (Å²) in [6.45, 7) is 1.31. The zero-order valence-electron chi connectivity index (χ0n) is 13.6. The van der Waals surface area contributed by atoms with Gasteiger partial charge in [0.15, 0.2) is 11.6 Å². The van der Waals surface area contributed by atoms with E-state index in [1.165, 1.54) is 6.92 Å². The fourth-order valence-corrected chi connectivity index (χ4v) is 2.57. The number of benzene rings is 1. The molecule has 0 saturated heterocycles. The van der Waals surface area contributed by atoms with Crippen molar-refractivity contribution in [3.63, 3.8) is 0 Å². The van der Waals surface area contributed by atoms with Gasteiger partial charge in [-0.2, -0.15) is 0 Å². The van der Waals surface area contributed by atoms with Crippen molar-refractivity contribution < 1.29 is 27.5 Å². The minimum Gasteiger partial charge on any atom is -0.478 e. The summed E-state index contributed by atoms with van der Waals surface area (Å²) in [7, 11) is 0. The Morgan fingerprint density at radius 2 is 1.85 bits per heavy atom. The van der Waals surface area contributed by atoms with Crippen molar-refractivity contribution in [1.29, 1.82) is 0 Å². The molecule has 0 amide bonds. The molecule has 1 aromatic heterocycles. The highest BCUT2D eigenvalue weighted by Gasteiger charge is 2.16. The molecule has 134 valence electrons. The van der Waals surface area contributed by atoms with Gasteiger partial charge in [-0.15, -0.1) is 12.3 Å². The topological polar surface area (TPSA) is 50.2 Å². The Labute approximate surface area is 146 Å². The van der Waals surface area contributed by atoms with Crippen LogP contribution in [0.4, 0.5) is 17.6 Å². The van der Waals surface area contributed by atoms with E-state index in [0.717, 1.165) is 30.6 Å². The number of carboxylic acids is 1. The average Bonchev–Trinajstić information content (AvgIpc) is 2.58. The first-order valence-corrected chi connectivity index (χ1v) is 7.36. The van der Waals surface area contributed by atoms with Crippen molar-refractivity contribution in [1.82, 2.24) is 4.98 Å². The molecule has 0 aliphatic heterocycles. The SMILES string of the molecule is C#CC/C(=c1/ccc(C(=O)O)c/c1=C(/C)c1c(F)cncc1F)C(F)F. The Hall–Kier alpha value is -3.14. The maximum absolute atomic E-state index is 14.1. The molecule has 1 heterocycles. The van der Waals surface area contributed by atoms with Crippen LogP contribution in [0.3, 0.4) is 0 Å². The van der Waals surface area contributed by atoms with Gasteiger partial charge in [-0.3, -0.25) is 4.98 Å². The number of nitrogens with zero attached hydrogens (tertiary/aromatic N) is 1. The number of aromatic nitrogens is 1. The van der Waals surface area contributed by atoms with E-state index in [0.29, 0.717) is 0 Å². The summed E-state index contributed by atoms with van der Waals surface area (Å²) in [4.78, 5) is 14.6. The first-order chi connectivity index (χ1) is 12.3. The van der Waals surface area contributed by atoms with Crippen LogP contribution in [0.1, 0.15) is 29.3 Å². The van der Waals surface area contributed by atoms with E-state index in [-0.39, 0.29) is 21.6 Å². The van der Waals surface area contributed by atoms with E-state index in [1.807, 2.05) is 0 Å². The number of aromatic carboxylic acids is 1. The number of carboxylic acid groups (broad SMARTS) is 1. The minimum absolute atomic E-state index is 0.0422. The Bertz CT molecular complexity index is 1000. The second-order valence-corrected chi connectivity index (χ2v) is 5.38. The third kappa shape index (κ3) is 3.75. The molecule has 0 atom stereocenters. The first-order valence-electron chi connectivity index (χ1n) is 7.36. The largest absolute Gasteiger partial charge is 0.478 e. The van der Waals surface area contributed by atoms with Crippen LogP contribution in [0.25, 0.3) is 11.1 Å². The zero-order chi connectivity index (χ0) is 19.4. The molecule has 0 saturated carbocycles. The van der Waals surface area contributed by atoms with Crippen molar-refractivity contribution in [2.45, 2.75) is 19.8 Å². The number of terminal acetylenes is 1. The number of hydrogen-bond acceptors (Lipinski definition) is 2. The summed E-state index contributed by atoms with van der Waals surface area (Å²) in [5, 5.41) is 9.06. The second kappa shape index (κ2) is 7.83. The van der Waals surface area contributed by atoms with Gasteiger partial charge < -0.3 is 5.11 Å². The minimum atomic E-state index is -2.92. The molecule has 0 bridgehead atoms. The highest BCUT2D eigenvalue weighted by atomic mass is 19.3. The first kappa shape index (κ1) is 19.2. The molecule has 1 aromatic carbocycles. The van der Waals surface area contributed by atoms with Gasteiger partial charge in [-0.05, 0) is 35.1 Å². The molecule has 7 heteroatoms. The molecule has 3 nitrogen and oxygen atoms in total. The highest BCUT2D eigenvalue weighted by molar-refractivity contribution is 5.88. The predicted octanol–water partition coefficient (Wildman–Crippen LogP) is 2.72. The maximum Gasteiger partial charge on any atom is 0.335 e. The molecule has 26 heavy (non-hydrogen) atoms. The molecule has 0 unspecified atom stereocenters. The normalized spacial score (nSPS) is 13.3. The average molecular weight is 363 g/mol. The fourth-order valence-electron chi connectivity index (χ4n) is 2.57. The number of pyridine rings is 1. The molecule has 0 radical (unpaired) electrons. The molecule has 0 fully saturated rings. The van der Waals surface area contributed by atoms with Crippen molar-refractivity contribution >= 4 is 17.1 Å². The number of hydrogen-bond donors (Lipinski definition) is 1. The second-order valence-electron chi connectivity index (χ2n) is 5.38.